The number of hydrogen-bond donors (Lipinski definition) is 2. The minimum absolute atomic E-state index is 0.0370. The molecule has 214 valence electrons. The number of aliphatic hydroxyl groups is 2. The van der Waals surface area contributed by atoms with Gasteiger partial charge in [-0.25, -0.2) is 4.79 Å². The highest BCUT2D eigenvalue weighted by molar-refractivity contribution is 5.82. The zero-order chi connectivity index (χ0) is 28.8. The van der Waals surface area contributed by atoms with Crippen molar-refractivity contribution in [3.8, 4) is 0 Å². The van der Waals surface area contributed by atoms with E-state index in [1.165, 1.54) is 13.0 Å². The van der Waals surface area contributed by atoms with Gasteiger partial charge in [-0.3, -0.25) is 4.79 Å². The van der Waals surface area contributed by atoms with E-state index in [-0.39, 0.29) is 13.0 Å². The Labute approximate surface area is 231 Å². The lowest BCUT2D eigenvalue weighted by molar-refractivity contribution is -0.265. The van der Waals surface area contributed by atoms with Gasteiger partial charge in [-0.2, -0.15) is 0 Å². The molecule has 0 bridgehead atoms. The van der Waals surface area contributed by atoms with Crippen molar-refractivity contribution in [1.29, 1.82) is 0 Å². The minimum Gasteiger partial charge on any atom is -0.458 e. The quantitative estimate of drug-likeness (QED) is 0.155. The summed E-state index contributed by atoms with van der Waals surface area (Å²) in [6.45, 7) is 15.4. The maximum absolute atomic E-state index is 13.0. The number of epoxide rings is 1. The molecule has 4 rings (SSSR count). The van der Waals surface area contributed by atoms with Crippen molar-refractivity contribution in [2.24, 2.45) is 17.3 Å². The van der Waals surface area contributed by atoms with E-state index in [1.807, 2.05) is 32.1 Å². The van der Waals surface area contributed by atoms with Gasteiger partial charge >= 0.3 is 11.9 Å². The first-order valence-corrected chi connectivity index (χ1v) is 13.7. The van der Waals surface area contributed by atoms with Crippen LogP contribution < -0.4 is 0 Å². The molecular formula is C31H42O8. The summed E-state index contributed by atoms with van der Waals surface area (Å²) in [7, 11) is 0. The molecule has 2 N–H and O–H groups in total. The molecule has 8 heteroatoms. The Morgan fingerprint density at radius 3 is 2.41 bits per heavy atom. The number of ether oxygens (including phenoxy) is 4. The third-order valence-electron chi connectivity index (χ3n) is 9.20. The van der Waals surface area contributed by atoms with E-state index >= 15 is 0 Å². The molecule has 2 unspecified atom stereocenters. The van der Waals surface area contributed by atoms with E-state index in [2.05, 4.69) is 26.5 Å². The summed E-state index contributed by atoms with van der Waals surface area (Å²) in [6.07, 6.45) is 11.0. The van der Waals surface area contributed by atoms with Crippen LogP contribution in [0.1, 0.15) is 60.8 Å². The second-order valence-electron chi connectivity index (χ2n) is 12.0. The average Bonchev–Trinajstić information content (AvgIpc) is 3.56. The van der Waals surface area contributed by atoms with E-state index in [9.17, 15) is 19.8 Å². The van der Waals surface area contributed by atoms with Crippen LogP contribution in [0.25, 0.3) is 0 Å². The van der Waals surface area contributed by atoms with Crippen LogP contribution in [-0.4, -0.2) is 64.1 Å². The fourth-order valence-corrected chi connectivity index (χ4v) is 6.70. The van der Waals surface area contributed by atoms with E-state index in [0.29, 0.717) is 12.3 Å². The van der Waals surface area contributed by atoms with E-state index in [4.69, 9.17) is 18.9 Å². The highest BCUT2D eigenvalue weighted by Gasteiger charge is 2.89. The fourth-order valence-electron chi connectivity index (χ4n) is 6.70. The number of rotatable bonds is 8. The fraction of sp³-hybridized carbons (Fsp3) is 0.613. The predicted molar refractivity (Wildman–Crippen MR) is 145 cm³/mol. The molecular weight excluding hydrogens is 500 g/mol. The summed E-state index contributed by atoms with van der Waals surface area (Å²) in [5, 5.41) is 23.2. The number of allylic oxidation sites excluding steroid dienone is 7. The summed E-state index contributed by atoms with van der Waals surface area (Å²) in [6, 6.07) is 0. The molecule has 2 heterocycles. The number of fused-ring (bicyclic) bond motifs is 2. The molecule has 2 aliphatic carbocycles. The van der Waals surface area contributed by atoms with Gasteiger partial charge in [0.1, 0.15) is 17.8 Å². The molecule has 0 radical (unpaired) electrons. The molecule has 1 spiro atoms. The highest BCUT2D eigenvalue weighted by atomic mass is 16.7. The van der Waals surface area contributed by atoms with Gasteiger partial charge < -0.3 is 29.2 Å². The van der Waals surface area contributed by atoms with E-state index < -0.39 is 58.6 Å². The summed E-state index contributed by atoms with van der Waals surface area (Å²) in [5.41, 5.74) is -1.74. The third-order valence-corrected chi connectivity index (χ3v) is 9.20. The molecule has 2 saturated heterocycles. The van der Waals surface area contributed by atoms with Crippen LogP contribution in [0.5, 0.6) is 0 Å². The molecule has 9 atom stereocenters. The van der Waals surface area contributed by atoms with Gasteiger partial charge in [0.25, 0.3) is 0 Å². The maximum atomic E-state index is 13.0. The number of esters is 2. The minimum atomic E-state index is -1.66. The van der Waals surface area contributed by atoms with Crippen LogP contribution in [0, 0.1) is 17.3 Å². The second kappa shape index (κ2) is 10.5. The SMILES string of the molecule is C=C1CO[C@@]2(O)C3O[C@@]34[C@@H](OC(=O)/C=C/C=C\C=C\C(C)=C\C(C)CC)[C@H](OC(C)=O)C[C@](C)(O)[C@]4(C)C[C@H]12. The van der Waals surface area contributed by atoms with Crippen molar-refractivity contribution in [2.45, 2.75) is 96.1 Å². The van der Waals surface area contributed by atoms with Gasteiger partial charge in [0.05, 0.1) is 12.2 Å². The normalized spacial score (nSPS) is 42.4. The molecule has 2 saturated carbocycles. The van der Waals surface area contributed by atoms with Crippen molar-refractivity contribution in [1.82, 2.24) is 0 Å². The van der Waals surface area contributed by atoms with Gasteiger partial charge in [-0.15, -0.1) is 0 Å². The van der Waals surface area contributed by atoms with Crippen LogP contribution in [0.2, 0.25) is 0 Å². The highest BCUT2D eigenvalue weighted by Crippen LogP contribution is 2.73. The third kappa shape index (κ3) is 4.97. The molecule has 0 aromatic rings. The summed E-state index contributed by atoms with van der Waals surface area (Å²) in [4.78, 5) is 25.0. The summed E-state index contributed by atoms with van der Waals surface area (Å²) >= 11 is 0. The maximum Gasteiger partial charge on any atom is 0.331 e. The van der Waals surface area contributed by atoms with Crippen LogP contribution >= 0.6 is 0 Å². The van der Waals surface area contributed by atoms with Gasteiger partial charge in [0.2, 0.25) is 5.79 Å². The Morgan fingerprint density at radius 1 is 1.10 bits per heavy atom. The van der Waals surface area contributed by atoms with Crippen molar-refractivity contribution < 1.29 is 38.7 Å². The Kier molecular flexibility index (Phi) is 7.91. The van der Waals surface area contributed by atoms with Crippen molar-refractivity contribution >= 4 is 11.9 Å². The Hall–Kier alpha value is -2.52. The van der Waals surface area contributed by atoms with Crippen molar-refractivity contribution in [2.75, 3.05) is 6.61 Å². The first-order valence-electron chi connectivity index (χ1n) is 13.7. The van der Waals surface area contributed by atoms with Crippen LogP contribution in [-0.2, 0) is 28.5 Å². The van der Waals surface area contributed by atoms with Gasteiger partial charge in [0.15, 0.2) is 6.10 Å². The van der Waals surface area contributed by atoms with Crippen molar-refractivity contribution in [3.05, 3.63) is 60.3 Å². The Morgan fingerprint density at radius 2 is 1.77 bits per heavy atom. The molecule has 0 aromatic heterocycles. The Bertz CT molecular complexity index is 1130. The van der Waals surface area contributed by atoms with Crippen LogP contribution in [0.3, 0.4) is 0 Å². The largest absolute Gasteiger partial charge is 0.458 e. The summed E-state index contributed by atoms with van der Waals surface area (Å²) in [5.74, 6) is -2.83. The molecule has 4 fully saturated rings. The zero-order valence-corrected chi connectivity index (χ0v) is 23.8. The van der Waals surface area contributed by atoms with Crippen LogP contribution in [0.4, 0.5) is 0 Å². The lowest BCUT2D eigenvalue weighted by atomic mass is 9.48. The van der Waals surface area contributed by atoms with Gasteiger partial charge in [0, 0.05) is 30.8 Å². The van der Waals surface area contributed by atoms with Crippen LogP contribution in [0.15, 0.2) is 60.3 Å². The first-order chi connectivity index (χ1) is 18.2. The summed E-state index contributed by atoms with van der Waals surface area (Å²) < 4.78 is 23.4. The van der Waals surface area contributed by atoms with Gasteiger partial charge in [-0.1, -0.05) is 75.8 Å². The first kappa shape index (κ1) is 29.5. The molecule has 4 aliphatic rings. The average molecular weight is 543 g/mol. The lowest BCUT2D eigenvalue weighted by Gasteiger charge is -2.58. The molecule has 39 heavy (non-hydrogen) atoms. The topological polar surface area (TPSA) is 115 Å². The second-order valence-corrected chi connectivity index (χ2v) is 12.0. The standard InChI is InChI=1S/C31H42O8/c1-8-19(2)15-20(3)13-11-9-10-12-14-25(33)38-26-24(37-22(5)32)17-29(7,34)28(6)16-23-21(4)18-36-31(23,35)27-30(26,28)39-27/h9-15,19,23-24,26-27,34-35H,4,8,16-18H2,1-3,5-7H3/b10-9-,13-11+,14-12+,20-15+/t19?,23-,24-,26+,27?,28+,29+,30+,31-/m1/s1. The smallest absolute Gasteiger partial charge is 0.331 e. The van der Waals surface area contributed by atoms with E-state index in [1.54, 1.807) is 19.1 Å². The Balaban J connectivity index is 1.55. The predicted octanol–water partition coefficient (Wildman–Crippen LogP) is 4.08. The van der Waals surface area contributed by atoms with Gasteiger partial charge in [-0.05, 0) is 31.8 Å². The van der Waals surface area contributed by atoms with E-state index in [0.717, 1.165) is 17.6 Å². The number of hydrogen-bond acceptors (Lipinski definition) is 8. The van der Waals surface area contributed by atoms with Crippen molar-refractivity contribution in [3.63, 3.8) is 0 Å². The lowest BCUT2D eigenvalue weighted by Crippen LogP contribution is -2.73. The number of carbonyl (C=O) groups is 2. The zero-order valence-electron chi connectivity index (χ0n) is 23.8. The molecule has 0 aromatic carbocycles. The molecule has 0 amide bonds. The molecule has 2 aliphatic heterocycles. The molecule has 8 nitrogen and oxygen atoms in total. The number of carbonyl (C=O) groups excluding carboxylic acids is 2. The monoisotopic (exact) mass is 542 g/mol.